The fourth-order valence-electron chi connectivity index (χ4n) is 1.90. The Hall–Kier alpha value is -1.61. The standard InChI is InChI=1S/C12H9O3P.H3N/c13-16(14)12-8-4-2-6-10(12)9-5-1-3-7-11(9)15-16;/h1-8H,(H,13,14);1H3. The minimum Gasteiger partial charge on any atom is -0.421 e. The van der Waals surface area contributed by atoms with Crippen LogP contribution >= 0.6 is 7.60 Å². The van der Waals surface area contributed by atoms with E-state index in [1.54, 1.807) is 24.3 Å². The molecular formula is C12H12NO3P. The van der Waals surface area contributed by atoms with Crippen LogP contribution in [-0.4, -0.2) is 4.89 Å². The zero-order valence-electron chi connectivity index (χ0n) is 9.04. The van der Waals surface area contributed by atoms with Crippen molar-refractivity contribution in [2.24, 2.45) is 0 Å². The van der Waals surface area contributed by atoms with Gasteiger partial charge in [0.2, 0.25) is 0 Å². The van der Waals surface area contributed by atoms with Gasteiger partial charge in [-0.1, -0.05) is 36.4 Å². The molecule has 4 nitrogen and oxygen atoms in total. The molecule has 1 heterocycles. The van der Waals surface area contributed by atoms with Gasteiger partial charge in [0, 0.05) is 11.1 Å². The summed E-state index contributed by atoms with van der Waals surface area (Å²) in [6.45, 7) is 0. The van der Waals surface area contributed by atoms with Crippen molar-refractivity contribution in [1.82, 2.24) is 6.15 Å². The lowest BCUT2D eigenvalue weighted by molar-refractivity contribution is 0.392. The van der Waals surface area contributed by atoms with Crippen LogP contribution in [0.2, 0.25) is 0 Å². The van der Waals surface area contributed by atoms with E-state index in [0.29, 0.717) is 11.1 Å². The van der Waals surface area contributed by atoms with Crippen LogP contribution < -0.4 is 16.0 Å². The minimum absolute atomic E-state index is 0. The maximum atomic E-state index is 12.0. The minimum atomic E-state index is -3.71. The van der Waals surface area contributed by atoms with Gasteiger partial charge in [-0.25, -0.2) is 4.57 Å². The Labute approximate surface area is 99.0 Å². The van der Waals surface area contributed by atoms with E-state index < -0.39 is 7.60 Å². The quantitative estimate of drug-likeness (QED) is 0.703. The molecular weight excluding hydrogens is 237 g/mol. The van der Waals surface area contributed by atoms with Crippen LogP contribution in [-0.2, 0) is 4.57 Å². The summed E-state index contributed by atoms with van der Waals surface area (Å²) in [6.07, 6.45) is 0. The molecule has 2 aromatic rings. The van der Waals surface area contributed by atoms with Gasteiger partial charge in [-0.3, -0.25) is 0 Å². The molecule has 5 heteroatoms. The molecule has 1 atom stereocenters. The summed E-state index contributed by atoms with van der Waals surface area (Å²) in [7, 11) is -3.71. The van der Waals surface area contributed by atoms with Crippen LogP contribution in [0.15, 0.2) is 48.5 Å². The molecule has 4 N–H and O–H groups in total. The molecule has 2 aromatic carbocycles. The van der Waals surface area contributed by atoms with E-state index >= 15 is 0 Å². The number of hydrogen-bond acceptors (Lipinski definition) is 3. The average molecular weight is 249 g/mol. The largest absolute Gasteiger partial charge is 0.421 e. The summed E-state index contributed by atoms with van der Waals surface area (Å²) in [4.78, 5) is 9.81. The Morgan fingerprint density at radius 1 is 0.941 bits per heavy atom. The molecule has 0 aromatic heterocycles. The molecule has 3 rings (SSSR count). The van der Waals surface area contributed by atoms with E-state index in [4.69, 9.17) is 4.52 Å². The van der Waals surface area contributed by atoms with E-state index in [1.807, 2.05) is 24.3 Å². The van der Waals surface area contributed by atoms with Gasteiger partial charge in [0.05, 0.1) is 5.30 Å². The van der Waals surface area contributed by atoms with Gasteiger partial charge < -0.3 is 15.6 Å². The Bertz CT molecular complexity index is 612. The van der Waals surface area contributed by atoms with E-state index in [1.165, 1.54) is 0 Å². The summed E-state index contributed by atoms with van der Waals surface area (Å²) >= 11 is 0. The Morgan fingerprint density at radius 3 is 2.29 bits per heavy atom. The molecule has 88 valence electrons. The van der Waals surface area contributed by atoms with Crippen LogP contribution in [0, 0.1) is 0 Å². The summed E-state index contributed by atoms with van der Waals surface area (Å²) in [5, 5.41) is 0.369. The molecule has 17 heavy (non-hydrogen) atoms. The third-order valence-corrected chi connectivity index (χ3v) is 4.05. The lowest BCUT2D eigenvalue weighted by atomic mass is 10.0. The van der Waals surface area contributed by atoms with Crippen LogP contribution in [0.25, 0.3) is 11.1 Å². The average Bonchev–Trinajstić information content (AvgIpc) is 2.29. The van der Waals surface area contributed by atoms with Crippen molar-refractivity contribution in [3.8, 4) is 16.9 Å². The Kier molecular flexibility index (Phi) is 2.79. The zero-order chi connectivity index (χ0) is 11.2. The molecule has 0 aliphatic carbocycles. The second-order valence-corrected chi connectivity index (χ2v) is 5.33. The van der Waals surface area contributed by atoms with Gasteiger partial charge in [0.1, 0.15) is 5.75 Å². The molecule has 0 amide bonds. The molecule has 1 unspecified atom stereocenters. The number of para-hydroxylation sites is 1. The maximum Gasteiger partial charge on any atom is 0.408 e. The van der Waals surface area contributed by atoms with Crippen molar-refractivity contribution in [1.29, 1.82) is 0 Å². The normalized spacial score (nSPS) is 20.5. The first-order valence-corrected chi connectivity index (χ1v) is 6.48. The van der Waals surface area contributed by atoms with Gasteiger partial charge in [-0.05, 0) is 12.1 Å². The highest BCUT2D eigenvalue weighted by Gasteiger charge is 2.33. The molecule has 0 saturated carbocycles. The van der Waals surface area contributed by atoms with Gasteiger partial charge >= 0.3 is 7.60 Å². The highest BCUT2D eigenvalue weighted by atomic mass is 31.2. The highest BCUT2D eigenvalue weighted by molar-refractivity contribution is 7.62. The maximum absolute atomic E-state index is 12.0. The first-order chi connectivity index (χ1) is 7.68. The van der Waals surface area contributed by atoms with Gasteiger partial charge in [0.25, 0.3) is 0 Å². The zero-order valence-corrected chi connectivity index (χ0v) is 9.93. The lowest BCUT2D eigenvalue weighted by Crippen LogP contribution is -2.16. The third kappa shape index (κ3) is 1.76. The Balaban J connectivity index is 0.00000108. The van der Waals surface area contributed by atoms with E-state index in [-0.39, 0.29) is 6.15 Å². The third-order valence-electron chi connectivity index (χ3n) is 2.61. The lowest BCUT2D eigenvalue weighted by Gasteiger charge is -2.24. The topological polar surface area (TPSA) is 81.5 Å². The van der Waals surface area contributed by atoms with Crippen molar-refractivity contribution in [2.75, 3.05) is 0 Å². The predicted molar refractivity (Wildman–Crippen MR) is 67.0 cm³/mol. The van der Waals surface area contributed by atoms with Crippen LogP contribution in [0.1, 0.15) is 0 Å². The second kappa shape index (κ2) is 4.00. The predicted octanol–water partition coefficient (Wildman–Crippen LogP) is 2.72. The number of hydrogen-bond donors (Lipinski definition) is 2. The molecule has 0 spiro atoms. The van der Waals surface area contributed by atoms with Gasteiger partial charge in [-0.15, -0.1) is 0 Å². The fourth-order valence-corrected chi connectivity index (χ4v) is 3.20. The SMILES string of the molecule is N.O=P1(O)Oc2ccccc2-c2ccccc21. The van der Waals surface area contributed by atoms with Gasteiger partial charge in [-0.2, -0.15) is 0 Å². The number of fused-ring (bicyclic) bond motifs is 3. The number of benzene rings is 2. The van der Waals surface area contributed by atoms with Crippen molar-refractivity contribution in [3.05, 3.63) is 48.5 Å². The van der Waals surface area contributed by atoms with Crippen LogP contribution in [0.4, 0.5) is 0 Å². The summed E-state index contributed by atoms with van der Waals surface area (Å²) < 4.78 is 17.1. The van der Waals surface area contributed by atoms with Crippen molar-refractivity contribution < 1.29 is 14.0 Å². The van der Waals surface area contributed by atoms with Crippen molar-refractivity contribution in [3.63, 3.8) is 0 Å². The molecule has 1 aliphatic heterocycles. The molecule has 0 fully saturated rings. The van der Waals surface area contributed by atoms with Crippen LogP contribution in [0.5, 0.6) is 5.75 Å². The second-order valence-electron chi connectivity index (χ2n) is 3.63. The Morgan fingerprint density at radius 2 is 1.53 bits per heavy atom. The van der Waals surface area contributed by atoms with E-state index in [9.17, 15) is 9.46 Å². The molecule has 0 radical (unpaired) electrons. The first-order valence-electron chi connectivity index (χ1n) is 4.90. The summed E-state index contributed by atoms with van der Waals surface area (Å²) in [5.41, 5.74) is 1.63. The van der Waals surface area contributed by atoms with Crippen molar-refractivity contribution >= 4 is 12.9 Å². The van der Waals surface area contributed by atoms with E-state index in [2.05, 4.69) is 0 Å². The smallest absolute Gasteiger partial charge is 0.408 e. The highest BCUT2D eigenvalue weighted by Crippen LogP contribution is 2.51. The van der Waals surface area contributed by atoms with Crippen LogP contribution in [0.3, 0.4) is 0 Å². The monoisotopic (exact) mass is 249 g/mol. The molecule has 0 saturated heterocycles. The summed E-state index contributed by atoms with van der Waals surface area (Å²) in [6, 6.07) is 14.3. The van der Waals surface area contributed by atoms with Crippen molar-refractivity contribution in [2.45, 2.75) is 0 Å². The van der Waals surface area contributed by atoms with E-state index in [0.717, 1.165) is 11.1 Å². The first kappa shape index (κ1) is 11.9. The number of rotatable bonds is 0. The molecule has 1 aliphatic rings. The summed E-state index contributed by atoms with van der Waals surface area (Å²) in [5.74, 6) is 0.465. The molecule has 0 bridgehead atoms. The van der Waals surface area contributed by atoms with Gasteiger partial charge in [0.15, 0.2) is 0 Å². The fraction of sp³-hybridized carbons (Fsp3) is 0.